The molecule has 0 heterocycles. The van der Waals surface area contributed by atoms with Gasteiger partial charge in [-0.3, -0.25) is 0 Å². The van der Waals surface area contributed by atoms with Gasteiger partial charge in [0.15, 0.2) is 0 Å². The molecule has 0 spiro atoms. The van der Waals surface area contributed by atoms with Crippen LogP contribution >= 0.6 is 0 Å². The number of sulfone groups is 1. The number of nitrogens with zero attached hydrogens (tertiary/aromatic N) is 1. The monoisotopic (exact) mass is 223 g/mol. The SMILES string of the molecule is CS(=O)(=O)CCc1ccc(CC#N)cc1. The van der Waals surface area contributed by atoms with Gasteiger partial charge in [-0.2, -0.15) is 5.26 Å². The molecule has 0 fully saturated rings. The number of nitriles is 1. The number of benzene rings is 1. The van der Waals surface area contributed by atoms with Crippen molar-refractivity contribution in [1.29, 1.82) is 5.26 Å². The molecule has 0 saturated heterocycles. The van der Waals surface area contributed by atoms with Crippen molar-refractivity contribution in [2.75, 3.05) is 12.0 Å². The van der Waals surface area contributed by atoms with Gasteiger partial charge in [0.05, 0.1) is 18.2 Å². The maximum Gasteiger partial charge on any atom is 0.147 e. The van der Waals surface area contributed by atoms with Crippen LogP contribution in [0.3, 0.4) is 0 Å². The highest BCUT2D eigenvalue weighted by Gasteiger charge is 2.02. The molecule has 0 aromatic heterocycles. The van der Waals surface area contributed by atoms with E-state index < -0.39 is 9.84 Å². The molecule has 0 unspecified atom stereocenters. The first-order valence-corrected chi connectivity index (χ1v) is 6.70. The van der Waals surface area contributed by atoms with Gasteiger partial charge in [-0.15, -0.1) is 0 Å². The van der Waals surface area contributed by atoms with Crippen LogP contribution in [0, 0.1) is 11.3 Å². The molecule has 80 valence electrons. The summed E-state index contributed by atoms with van der Waals surface area (Å²) in [6, 6.07) is 9.53. The first-order valence-electron chi connectivity index (χ1n) is 4.64. The van der Waals surface area contributed by atoms with Crippen molar-refractivity contribution in [1.82, 2.24) is 0 Å². The van der Waals surface area contributed by atoms with Crippen LogP contribution in [0.25, 0.3) is 0 Å². The fourth-order valence-corrected chi connectivity index (χ4v) is 1.82. The van der Waals surface area contributed by atoms with Gasteiger partial charge in [0, 0.05) is 6.26 Å². The van der Waals surface area contributed by atoms with Crippen LogP contribution < -0.4 is 0 Å². The second-order valence-electron chi connectivity index (χ2n) is 3.53. The molecule has 0 aliphatic carbocycles. The zero-order valence-corrected chi connectivity index (χ0v) is 9.42. The molecular formula is C11H13NO2S. The third-order valence-electron chi connectivity index (χ3n) is 2.07. The van der Waals surface area contributed by atoms with Crippen molar-refractivity contribution in [3.63, 3.8) is 0 Å². The number of rotatable bonds is 4. The molecule has 1 aromatic carbocycles. The maximum absolute atomic E-state index is 10.9. The molecule has 0 bridgehead atoms. The van der Waals surface area contributed by atoms with Crippen LogP contribution in [0.4, 0.5) is 0 Å². The fraction of sp³-hybridized carbons (Fsp3) is 0.364. The Kier molecular flexibility index (Phi) is 3.87. The summed E-state index contributed by atoms with van der Waals surface area (Å²) in [7, 11) is -2.90. The summed E-state index contributed by atoms with van der Waals surface area (Å²) in [5, 5.41) is 8.47. The highest BCUT2D eigenvalue weighted by molar-refractivity contribution is 7.90. The van der Waals surface area contributed by atoms with Crippen LogP contribution in [0.2, 0.25) is 0 Å². The molecule has 15 heavy (non-hydrogen) atoms. The fourth-order valence-electron chi connectivity index (χ4n) is 1.22. The number of hydrogen-bond acceptors (Lipinski definition) is 3. The topological polar surface area (TPSA) is 57.9 Å². The quantitative estimate of drug-likeness (QED) is 0.774. The van der Waals surface area contributed by atoms with Crippen LogP contribution in [0.15, 0.2) is 24.3 Å². The van der Waals surface area contributed by atoms with Gasteiger partial charge in [-0.1, -0.05) is 24.3 Å². The molecule has 1 rings (SSSR count). The highest BCUT2D eigenvalue weighted by Crippen LogP contribution is 2.06. The first kappa shape index (κ1) is 11.7. The molecule has 0 radical (unpaired) electrons. The Morgan fingerprint density at radius 3 is 2.20 bits per heavy atom. The smallest absolute Gasteiger partial charge is 0.147 e. The molecule has 0 aliphatic rings. The number of hydrogen-bond donors (Lipinski definition) is 0. The van der Waals surface area contributed by atoms with Gasteiger partial charge in [0.1, 0.15) is 9.84 Å². The summed E-state index contributed by atoms with van der Waals surface area (Å²) in [5.41, 5.74) is 1.95. The lowest BCUT2D eigenvalue weighted by atomic mass is 10.1. The van der Waals surface area contributed by atoms with Gasteiger partial charge in [0.25, 0.3) is 0 Å². The van der Waals surface area contributed by atoms with E-state index in [9.17, 15) is 8.42 Å². The van der Waals surface area contributed by atoms with Gasteiger partial charge in [-0.25, -0.2) is 8.42 Å². The zero-order chi connectivity index (χ0) is 11.3. The maximum atomic E-state index is 10.9. The molecule has 3 nitrogen and oxygen atoms in total. The van der Waals surface area contributed by atoms with E-state index in [-0.39, 0.29) is 5.75 Å². The van der Waals surface area contributed by atoms with E-state index in [1.165, 1.54) is 6.26 Å². The summed E-state index contributed by atoms with van der Waals surface area (Å²) in [4.78, 5) is 0. The normalized spacial score (nSPS) is 10.9. The van der Waals surface area contributed by atoms with E-state index in [4.69, 9.17) is 5.26 Å². The van der Waals surface area contributed by atoms with Gasteiger partial charge in [-0.05, 0) is 17.5 Å². The Morgan fingerprint density at radius 2 is 1.73 bits per heavy atom. The Balaban J connectivity index is 2.62. The average Bonchev–Trinajstić information content (AvgIpc) is 2.16. The molecule has 0 atom stereocenters. The lowest BCUT2D eigenvalue weighted by Gasteiger charge is -2.01. The molecule has 0 N–H and O–H groups in total. The Hall–Kier alpha value is -1.34. The van der Waals surface area contributed by atoms with E-state index in [1.807, 2.05) is 24.3 Å². The Bertz CT molecular complexity index is 454. The minimum Gasteiger partial charge on any atom is -0.229 e. The third kappa shape index (κ3) is 4.61. The minimum absolute atomic E-state index is 0.171. The first-order chi connectivity index (χ1) is 7.01. The zero-order valence-electron chi connectivity index (χ0n) is 8.60. The summed E-state index contributed by atoms with van der Waals surface area (Å²) in [5.74, 6) is 0.171. The van der Waals surface area contributed by atoms with Crippen LogP contribution in [0.1, 0.15) is 11.1 Å². The summed E-state index contributed by atoms with van der Waals surface area (Å²) >= 11 is 0. The van der Waals surface area contributed by atoms with Crippen molar-refractivity contribution >= 4 is 9.84 Å². The van der Waals surface area contributed by atoms with E-state index in [1.54, 1.807) is 0 Å². The van der Waals surface area contributed by atoms with E-state index in [0.29, 0.717) is 12.8 Å². The van der Waals surface area contributed by atoms with Crippen molar-refractivity contribution in [3.8, 4) is 6.07 Å². The number of aryl methyl sites for hydroxylation is 1. The standard InChI is InChI=1S/C11H13NO2S/c1-15(13,14)9-7-11-4-2-10(3-5-11)6-8-12/h2-5H,6-7,9H2,1H3. The van der Waals surface area contributed by atoms with Crippen molar-refractivity contribution < 1.29 is 8.42 Å². The second kappa shape index (κ2) is 4.94. The molecule has 0 saturated carbocycles. The molecular weight excluding hydrogens is 210 g/mol. The van der Waals surface area contributed by atoms with Crippen molar-refractivity contribution in [2.24, 2.45) is 0 Å². The molecule has 0 aliphatic heterocycles. The largest absolute Gasteiger partial charge is 0.229 e. The summed E-state index contributed by atoms with van der Waals surface area (Å²) in [6.45, 7) is 0. The molecule has 1 aromatic rings. The van der Waals surface area contributed by atoms with Gasteiger partial charge in [0.2, 0.25) is 0 Å². The average molecular weight is 223 g/mol. The lowest BCUT2D eigenvalue weighted by Crippen LogP contribution is -2.05. The third-order valence-corrected chi connectivity index (χ3v) is 3.01. The molecule has 4 heteroatoms. The predicted octanol–water partition coefficient (Wildman–Crippen LogP) is 1.34. The van der Waals surface area contributed by atoms with Gasteiger partial charge >= 0.3 is 0 Å². The Morgan fingerprint density at radius 1 is 1.20 bits per heavy atom. The van der Waals surface area contributed by atoms with Crippen molar-refractivity contribution in [3.05, 3.63) is 35.4 Å². The minimum atomic E-state index is -2.90. The van der Waals surface area contributed by atoms with E-state index >= 15 is 0 Å². The second-order valence-corrected chi connectivity index (χ2v) is 5.79. The van der Waals surface area contributed by atoms with Crippen LogP contribution in [-0.2, 0) is 22.7 Å². The predicted molar refractivity (Wildman–Crippen MR) is 59.2 cm³/mol. The highest BCUT2D eigenvalue weighted by atomic mass is 32.2. The van der Waals surface area contributed by atoms with Crippen LogP contribution in [0.5, 0.6) is 0 Å². The van der Waals surface area contributed by atoms with E-state index in [0.717, 1.165) is 11.1 Å². The lowest BCUT2D eigenvalue weighted by molar-refractivity contribution is 0.601. The Labute approximate surface area is 90.3 Å². The summed E-state index contributed by atoms with van der Waals surface area (Å²) in [6.07, 6.45) is 2.16. The molecule has 0 amide bonds. The van der Waals surface area contributed by atoms with Gasteiger partial charge < -0.3 is 0 Å². The van der Waals surface area contributed by atoms with Crippen molar-refractivity contribution in [2.45, 2.75) is 12.8 Å². The summed E-state index contributed by atoms with van der Waals surface area (Å²) < 4.78 is 21.9. The van der Waals surface area contributed by atoms with E-state index in [2.05, 4.69) is 6.07 Å². The van der Waals surface area contributed by atoms with Crippen LogP contribution in [-0.4, -0.2) is 20.4 Å².